The molecule has 6 heteroatoms. The monoisotopic (exact) mass is 321 g/mol. The van der Waals surface area contributed by atoms with E-state index in [9.17, 15) is 14.7 Å². The molecule has 0 saturated heterocycles. The summed E-state index contributed by atoms with van der Waals surface area (Å²) in [5, 5.41) is 12.3. The lowest BCUT2D eigenvalue weighted by molar-refractivity contribution is -0.152. The van der Waals surface area contributed by atoms with E-state index in [1.165, 1.54) is 7.11 Å². The third kappa shape index (κ3) is 3.94. The highest BCUT2D eigenvalue weighted by molar-refractivity contribution is 5.76. The molecule has 126 valence electrons. The largest absolute Gasteiger partial charge is 0.508 e. The molecule has 2 rings (SSSR count). The van der Waals surface area contributed by atoms with Crippen LogP contribution in [-0.4, -0.2) is 29.9 Å². The van der Waals surface area contributed by atoms with Crippen LogP contribution in [0, 0.1) is 5.92 Å². The molecule has 1 fully saturated rings. The van der Waals surface area contributed by atoms with Gasteiger partial charge in [0.2, 0.25) is 0 Å². The summed E-state index contributed by atoms with van der Waals surface area (Å²) < 4.78 is 10.1. The number of hydrogen-bond donors (Lipinski definition) is 2. The predicted molar refractivity (Wildman–Crippen MR) is 83.9 cm³/mol. The topological polar surface area (TPSA) is 84.9 Å². The normalized spacial score (nSPS) is 23.6. The molecular weight excluding hydrogens is 298 g/mol. The molecule has 0 unspecified atom stereocenters. The van der Waals surface area contributed by atoms with Gasteiger partial charge in [0, 0.05) is 0 Å². The Hall–Kier alpha value is -2.24. The molecule has 0 aliphatic heterocycles. The van der Waals surface area contributed by atoms with Crippen molar-refractivity contribution in [2.75, 3.05) is 7.11 Å². The first-order valence-corrected chi connectivity index (χ1v) is 7.54. The van der Waals surface area contributed by atoms with E-state index in [1.54, 1.807) is 45.0 Å². The number of rotatable bonds is 3. The number of nitrogens with one attached hydrogen (secondary N) is 1. The van der Waals surface area contributed by atoms with E-state index in [0.717, 1.165) is 5.56 Å². The smallest absolute Gasteiger partial charge is 0.408 e. The van der Waals surface area contributed by atoms with Crippen molar-refractivity contribution in [3.63, 3.8) is 0 Å². The van der Waals surface area contributed by atoms with Crippen LogP contribution in [0.5, 0.6) is 5.75 Å². The van der Waals surface area contributed by atoms with Crippen LogP contribution in [0.2, 0.25) is 0 Å². The maximum Gasteiger partial charge on any atom is 0.408 e. The van der Waals surface area contributed by atoms with Crippen LogP contribution in [0.25, 0.3) is 0 Å². The van der Waals surface area contributed by atoms with Crippen LogP contribution < -0.4 is 5.32 Å². The Kier molecular flexibility index (Phi) is 4.54. The summed E-state index contributed by atoms with van der Waals surface area (Å²) in [4.78, 5) is 23.8. The first kappa shape index (κ1) is 17.1. The Morgan fingerprint density at radius 1 is 1.22 bits per heavy atom. The van der Waals surface area contributed by atoms with Crippen molar-refractivity contribution in [2.45, 2.75) is 44.8 Å². The second-order valence-corrected chi connectivity index (χ2v) is 6.88. The number of alkyl carbamates (subject to hydrolysis) is 1. The molecule has 0 bridgehead atoms. The van der Waals surface area contributed by atoms with Crippen molar-refractivity contribution >= 4 is 12.1 Å². The molecule has 23 heavy (non-hydrogen) atoms. The quantitative estimate of drug-likeness (QED) is 0.836. The van der Waals surface area contributed by atoms with E-state index in [4.69, 9.17) is 9.47 Å². The van der Waals surface area contributed by atoms with Crippen molar-refractivity contribution in [1.29, 1.82) is 0 Å². The maximum atomic E-state index is 12.2. The number of methoxy groups -OCH3 is 1. The average Bonchev–Trinajstić information content (AvgIpc) is 2.40. The second kappa shape index (κ2) is 6.10. The van der Waals surface area contributed by atoms with Crippen LogP contribution in [0.15, 0.2) is 24.3 Å². The van der Waals surface area contributed by atoms with Gasteiger partial charge < -0.3 is 19.9 Å². The molecule has 1 aliphatic rings. The van der Waals surface area contributed by atoms with Gasteiger partial charge in [0.15, 0.2) is 0 Å². The molecule has 1 aliphatic carbocycles. The fraction of sp³-hybridized carbons (Fsp3) is 0.529. The minimum absolute atomic E-state index is 0.144. The first-order valence-electron chi connectivity index (χ1n) is 7.54. The fourth-order valence-corrected chi connectivity index (χ4v) is 2.80. The molecule has 1 aromatic rings. The summed E-state index contributed by atoms with van der Waals surface area (Å²) in [6.45, 7) is 5.37. The van der Waals surface area contributed by atoms with Gasteiger partial charge in [-0.2, -0.15) is 0 Å². The summed E-state index contributed by atoms with van der Waals surface area (Å²) in [6.07, 6.45) is 0.335. The molecule has 6 nitrogen and oxygen atoms in total. The van der Waals surface area contributed by atoms with E-state index < -0.39 is 17.2 Å². The number of esters is 1. The summed E-state index contributed by atoms with van der Waals surface area (Å²) >= 11 is 0. The number of benzene rings is 1. The average molecular weight is 321 g/mol. The zero-order valence-electron chi connectivity index (χ0n) is 13.9. The minimum atomic E-state index is -0.686. The Balaban J connectivity index is 2.18. The Morgan fingerprint density at radius 2 is 1.78 bits per heavy atom. The van der Waals surface area contributed by atoms with Gasteiger partial charge in [-0.05, 0) is 51.3 Å². The number of ether oxygens (including phenoxy) is 2. The molecule has 1 amide bonds. The van der Waals surface area contributed by atoms with Crippen molar-refractivity contribution in [3.05, 3.63) is 29.8 Å². The van der Waals surface area contributed by atoms with Gasteiger partial charge in [-0.15, -0.1) is 0 Å². The number of carbonyl (C=O) groups is 2. The summed E-state index contributed by atoms with van der Waals surface area (Å²) in [6, 6.07) is 6.58. The van der Waals surface area contributed by atoms with Gasteiger partial charge in [0.25, 0.3) is 0 Å². The number of phenols is 1. The third-order valence-corrected chi connectivity index (χ3v) is 3.88. The highest BCUT2D eigenvalue weighted by Crippen LogP contribution is 2.46. The lowest BCUT2D eigenvalue weighted by Crippen LogP contribution is -2.57. The Labute approximate surface area is 135 Å². The van der Waals surface area contributed by atoms with Crippen molar-refractivity contribution in [3.8, 4) is 5.75 Å². The number of carbonyl (C=O) groups excluding carboxylic acids is 2. The van der Waals surface area contributed by atoms with Gasteiger partial charge in [0.1, 0.15) is 11.4 Å². The van der Waals surface area contributed by atoms with Crippen LogP contribution >= 0.6 is 0 Å². The van der Waals surface area contributed by atoms with Gasteiger partial charge in [0.05, 0.1) is 18.6 Å². The molecule has 0 aromatic heterocycles. The van der Waals surface area contributed by atoms with Gasteiger partial charge >= 0.3 is 12.1 Å². The van der Waals surface area contributed by atoms with Crippen LogP contribution in [0.4, 0.5) is 4.79 Å². The number of hydrogen-bond acceptors (Lipinski definition) is 5. The summed E-state index contributed by atoms with van der Waals surface area (Å²) in [5.74, 6) is -0.404. The number of aromatic hydroxyl groups is 1. The van der Waals surface area contributed by atoms with E-state index in [-0.39, 0.29) is 17.6 Å². The highest BCUT2D eigenvalue weighted by atomic mass is 16.6. The molecule has 0 radical (unpaired) electrons. The van der Waals surface area contributed by atoms with Gasteiger partial charge in [-0.1, -0.05) is 12.1 Å². The molecule has 0 heterocycles. The lowest BCUT2D eigenvalue weighted by Gasteiger charge is -2.47. The van der Waals surface area contributed by atoms with E-state index >= 15 is 0 Å². The molecule has 0 spiro atoms. The zero-order valence-corrected chi connectivity index (χ0v) is 13.9. The highest BCUT2D eigenvalue weighted by Gasteiger charge is 2.50. The molecule has 1 saturated carbocycles. The Morgan fingerprint density at radius 3 is 2.26 bits per heavy atom. The fourth-order valence-electron chi connectivity index (χ4n) is 2.80. The summed E-state index contributed by atoms with van der Waals surface area (Å²) in [7, 11) is 1.35. The predicted octanol–water partition coefficient (Wildman–Crippen LogP) is 2.70. The van der Waals surface area contributed by atoms with Gasteiger partial charge in [-0.3, -0.25) is 4.79 Å². The maximum absolute atomic E-state index is 12.2. The zero-order chi connectivity index (χ0) is 17.3. The molecular formula is C17H23NO5. The molecule has 0 atom stereocenters. The third-order valence-electron chi connectivity index (χ3n) is 3.88. The summed E-state index contributed by atoms with van der Waals surface area (Å²) in [5.41, 5.74) is -0.470. The van der Waals surface area contributed by atoms with E-state index in [2.05, 4.69) is 5.32 Å². The first-order chi connectivity index (χ1) is 10.6. The second-order valence-electron chi connectivity index (χ2n) is 6.88. The van der Waals surface area contributed by atoms with E-state index in [0.29, 0.717) is 12.8 Å². The minimum Gasteiger partial charge on any atom is -0.508 e. The standard InChI is InChI=1S/C17H23NO5/c1-16(2,3)23-15(21)18-17(9-11(10-17)14(20)22-4)12-5-7-13(19)8-6-12/h5-8,11,19H,9-10H2,1-4H3,(H,18,21). The van der Waals surface area contributed by atoms with Crippen LogP contribution in [-0.2, 0) is 19.8 Å². The van der Waals surface area contributed by atoms with Crippen molar-refractivity contribution in [1.82, 2.24) is 5.32 Å². The van der Waals surface area contributed by atoms with Crippen LogP contribution in [0.1, 0.15) is 39.2 Å². The van der Waals surface area contributed by atoms with Crippen molar-refractivity contribution < 1.29 is 24.2 Å². The Bertz CT molecular complexity index is 582. The molecule has 2 N–H and O–H groups in total. The van der Waals surface area contributed by atoms with Crippen molar-refractivity contribution in [2.24, 2.45) is 5.92 Å². The lowest BCUT2D eigenvalue weighted by atomic mass is 9.64. The van der Waals surface area contributed by atoms with Crippen LogP contribution in [0.3, 0.4) is 0 Å². The number of amides is 1. The molecule has 1 aromatic carbocycles. The van der Waals surface area contributed by atoms with Gasteiger partial charge in [-0.25, -0.2) is 4.79 Å². The SMILES string of the molecule is COC(=O)C1CC(NC(=O)OC(C)(C)C)(c2ccc(O)cc2)C1. The number of phenolic OH excluding ortho intramolecular Hbond substituents is 1. The van der Waals surface area contributed by atoms with E-state index in [1.807, 2.05) is 0 Å².